The van der Waals surface area contributed by atoms with Crippen LogP contribution in [-0.4, -0.2) is 5.78 Å². The van der Waals surface area contributed by atoms with Gasteiger partial charge < -0.3 is 0 Å². The summed E-state index contributed by atoms with van der Waals surface area (Å²) in [6.45, 7) is 10.2. The predicted octanol–water partition coefficient (Wildman–Crippen LogP) is 4.65. The molecule has 20 heavy (non-hydrogen) atoms. The van der Waals surface area contributed by atoms with Gasteiger partial charge in [-0.3, -0.25) is 4.79 Å². The highest BCUT2D eigenvalue weighted by Crippen LogP contribution is 2.20. The zero-order valence-electron chi connectivity index (χ0n) is 13.0. The molecule has 0 fully saturated rings. The molecule has 0 amide bonds. The Morgan fingerprint density at radius 3 is 2.00 bits per heavy atom. The van der Waals surface area contributed by atoms with E-state index in [9.17, 15) is 4.79 Å². The minimum Gasteiger partial charge on any atom is -0.294 e. The van der Waals surface area contributed by atoms with Crippen molar-refractivity contribution in [3.05, 3.63) is 69.3 Å². The summed E-state index contributed by atoms with van der Waals surface area (Å²) in [5, 5.41) is 0. The first-order valence-electron chi connectivity index (χ1n) is 7.05. The summed E-state index contributed by atoms with van der Waals surface area (Å²) in [6, 6.07) is 10.5. The monoisotopic (exact) mass is 266 g/mol. The van der Waals surface area contributed by atoms with Gasteiger partial charge in [0.15, 0.2) is 5.78 Å². The number of carbonyl (C=O) groups excluding carboxylic acids is 1. The number of ketones is 1. The van der Waals surface area contributed by atoms with Crippen LogP contribution >= 0.6 is 0 Å². The first kappa shape index (κ1) is 14.5. The van der Waals surface area contributed by atoms with Crippen molar-refractivity contribution in [2.45, 2.75) is 41.0 Å². The molecule has 0 saturated heterocycles. The third-order valence-corrected chi connectivity index (χ3v) is 3.81. The van der Waals surface area contributed by atoms with Crippen molar-refractivity contribution in [1.82, 2.24) is 0 Å². The average molecular weight is 266 g/mol. The number of rotatable bonds is 3. The number of hydrogen-bond donors (Lipinski definition) is 0. The van der Waals surface area contributed by atoms with E-state index in [4.69, 9.17) is 0 Å². The molecule has 0 radical (unpaired) electrons. The van der Waals surface area contributed by atoms with E-state index in [1.165, 1.54) is 16.7 Å². The second-order valence-electron chi connectivity index (χ2n) is 5.80. The van der Waals surface area contributed by atoms with E-state index in [0.29, 0.717) is 6.42 Å². The molecule has 0 saturated carbocycles. The molecule has 0 aromatic heterocycles. The van der Waals surface area contributed by atoms with Crippen molar-refractivity contribution < 1.29 is 4.79 Å². The van der Waals surface area contributed by atoms with Gasteiger partial charge in [-0.2, -0.15) is 0 Å². The van der Waals surface area contributed by atoms with Crippen LogP contribution in [0.5, 0.6) is 0 Å². The summed E-state index contributed by atoms with van der Waals surface area (Å²) in [6.07, 6.45) is 0.484. The summed E-state index contributed by atoms with van der Waals surface area (Å²) in [7, 11) is 0. The number of aryl methyl sites for hydroxylation is 5. The molecule has 0 aliphatic carbocycles. The van der Waals surface area contributed by atoms with Gasteiger partial charge in [0.25, 0.3) is 0 Å². The highest BCUT2D eigenvalue weighted by atomic mass is 16.1. The molecule has 0 heterocycles. The van der Waals surface area contributed by atoms with Crippen LogP contribution in [-0.2, 0) is 6.42 Å². The predicted molar refractivity (Wildman–Crippen MR) is 84.6 cm³/mol. The zero-order chi connectivity index (χ0) is 14.9. The lowest BCUT2D eigenvalue weighted by atomic mass is 9.92. The molecule has 0 spiro atoms. The minimum atomic E-state index is 0.216. The van der Waals surface area contributed by atoms with Crippen LogP contribution in [0.2, 0.25) is 0 Å². The Hall–Kier alpha value is -1.89. The Morgan fingerprint density at radius 2 is 1.40 bits per heavy atom. The van der Waals surface area contributed by atoms with Crippen molar-refractivity contribution in [3.8, 4) is 0 Å². The van der Waals surface area contributed by atoms with Crippen molar-refractivity contribution >= 4 is 5.78 Å². The van der Waals surface area contributed by atoms with Gasteiger partial charge in [-0.25, -0.2) is 0 Å². The molecule has 1 heteroatoms. The molecule has 2 rings (SSSR count). The van der Waals surface area contributed by atoms with Gasteiger partial charge >= 0.3 is 0 Å². The molecule has 0 atom stereocenters. The van der Waals surface area contributed by atoms with E-state index in [2.05, 4.69) is 51.1 Å². The maximum absolute atomic E-state index is 12.6. The molecule has 0 unspecified atom stereocenters. The van der Waals surface area contributed by atoms with Gasteiger partial charge in [0.1, 0.15) is 0 Å². The summed E-state index contributed by atoms with van der Waals surface area (Å²) in [5.41, 5.74) is 7.78. The number of benzene rings is 2. The van der Waals surface area contributed by atoms with Crippen LogP contribution in [0.3, 0.4) is 0 Å². The molecule has 0 bridgehead atoms. The molecule has 2 aromatic carbocycles. The lowest BCUT2D eigenvalue weighted by Crippen LogP contribution is -2.09. The second kappa shape index (κ2) is 5.62. The lowest BCUT2D eigenvalue weighted by molar-refractivity contribution is 0.0991. The molecule has 104 valence electrons. The fourth-order valence-corrected chi connectivity index (χ4v) is 2.87. The standard InChI is InChI=1S/C19H22O/c1-12-6-7-14(3)17(10-12)11-18(20)19-15(4)8-13(2)9-16(19)5/h6-10H,11H2,1-5H3. The van der Waals surface area contributed by atoms with E-state index < -0.39 is 0 Å². The highest BCUT2D eigenvalue weighted by molar-refractivity contribution is 6.00. The van der Waals surface area contributed by atoms with Crippen LogP contribution in [0.4, 0.5) is 0 Å². The smallest absolute Gasteiger partial charge is 0.167 e. The molecule has 1 nitrogen and oxygen atoms in total. The fourth-order valence-electron chi connectivity index (χ4n) is 2.87. The molecule has 2 aromatic rings. The third kappa shape index (κ3) is 2.98. The highest BCUT2D eigenvalue weighted by Gasteiger charge is 2.14. The van der Waals surface area contributed by atoms with E-state index in [1.807, 2.05) is 13.8 Å². The third-order valence-electron chi connectivity index (χ3n) is 3.81. The maximum Gasteiger partial charge on any atom is 0.167 e. The maximum atomic E-state index is 12.6. The van der Waals surface area contributed by atoms with E-state index in [1.54, 1.807) is 0 Å². The lowest BCUT2D eigenvalue weighted by Gasteiger charge is -2.12. The minimum absolute atomic E-state index is 0.216. The Balaban J connectivity index is 2.36. The first-order valence-corrected chi connectivity index (χ1v) is 7.05. The van der Waals surface area contributed by atoms with Gasteiger partial charge in [0.05, 0.1) is 0 Å². The van der Waals surface area contributed by atoms with Gasteiger partial charge in [-0.05, 0) is 56.9 Å². The van der Waals surface area contributed by atoms with Gasteiger partial charge in [-0.15, -0.1) is 0 Å². The SMILES string of the molecule is Cc1cc(C)c(C(=O)Cc2cc(C)ccc2C)c(C)c1. The summed E-state index contributed by atoms with van der Waals surface area (Å²) in [5.74, 6) is 0.216. The van der Waals surface area contributed by atoms with Crippen molar-refractivity contribution in [2.24, 2.45) is 0 Å². The zero-order valence-corrected chi connectivity index (χ0v) is 13.0. The van der Waals surface area contributed by atoms with Crippen LogP contribution in [0.15, 0.2) is 30.3 Å². The summed E-state index contributed by atoms with van der Waals surface area (Å²) < 4.78 is 0. The van der Waals surface area contributed by atoms with Crippen LogP contribution in [0.1, 0.15) is 43.7 Å². The second-order valence-corrected chi connectivity index (χ2v) is 5.80. The normalized spacial score (nSPS) is 10.7. The van der Waals surface area contributed by atoms with Crippen molar-refractivity contribution in [2.75, 3.05) is 0 Å². The van der Waals surface area contributed by atoms with Gasteiger partial charge in [-0.1, -0.05) is 41.5 Å². The van der Waals surface area contributed by atoms with Gasteiger partial charge in [0.2, 0.25) is 0 Å². The van der Waals surface area contributed by atoms with E-state index in [0.717, 1.165) is 22.3 Å². The molecule has 0 N–H and O–H groups in total. The van der Waals surface area contributed by atoms with E-state index in [-0.39, 0.29) is 5.78 Å². The van der Waals surface area contributed by atoms with Gasteiger partial charge in [0, 0.05) is 12.0 Å². The Kier molecular flexibility index (Phi) is 4.08. The van der Waals surface area contributed by atoms with Crippen LogP contribution < -0.4 is 0 Å². The quantitative estimate of drug-likeness (QED) is 0.739. The number of Topliss-reactive ketones (excluding diaryl/α,β-unsaturated/α-hetero) is 1. The summed E-state index contributed by atoms with van der Waals surface area (Å²) in [4.78, 5) is 12.6. The first-order chi connectivity index (χ1) is 9.38. The average Bonchev–Trinajstić information content (AvgIpc) is 2.32. The Labute approximate surface area is 121 Å². The van der Waals surface area contributed by atoms with E-state index >= 15 is 0 Å². The number of carbonyl (C=O) groups is 1. The molecular weight excluding hydrogens is 244 g/mol. The largest absolute Gasteiger partial charge is 0.294 e. The topological polar surface area (TPSA) is 17.1 Å². The van der Waals surface area contributed by atoms with Crippen LogP contribution in [0.25, 0.3) is 0 Å². The molecule has 0 aliphatic heterocycles. The molecule has 0 aliphatic rings. The summed E-state index contributed by atoms with van der Waals surface area (Å²) >= 11 is 0. The molecular formula is C19H22O. The Bertz CT molecular complexity index is 642. The van der Waals surface area contributed by atoms with Crippen molar-refractivity contribution in [1.29, 1.82) is 0 Å². The fraction of sp³-hybridized carbons (Fsp3) is 0.316. The Morgan fingerprint density at radius 1 is 0.800 bits per heavy atom. The van der Waals surface area contributed by atoms with Crippen LogP contribution in [0, 0.1) is 34.6 Å². The number of hydrogen-bond acceptors (Lipinski definition) is 1. The van der Waals surface area contributed by atoms with Crippen molar-refractivity contribution in [3.63, 3.8) is 0 Å².